The maximum absolute atomic E-state index is 14.4. The molecule has 2 unspecified atom stereocenters. The molecular formula is C16H21ClFN5O. The third-order valence-electron chi connectivity index (χ3n) is 4.29. The molecule has 1 N–H and O–H groups in total. The fourth-order valence-corrected chi connectivity index (χ4v) is 3.23. The van der Waals surface area contributed by atoms with Gasteiger partial charge in [0.1, 0.15) is 11.9 Å². The first-order chi connectivity index (χ1) is 11.5. The van der Waals surface area contributed by atoms with Gasteiger partial charge in [0.05, 0.1) is 6.04 Å². The molecule has 1 aromatic carbocycles. The molecule has 1 aliphatic rings. The predicted octanol–water partition coefficient (Wildman–Crippen LogP) is 2.09. The van der Waals surface area contributed by atoms with Crippen molar-refractivity contribution in [1.82, 2.24) is 25.3 Å². The maximum atomic E-state index is 14.4. The second kappa shape index (κ2) is 7.14. The normalized spacial score (nSPS) is 20.5. The van der Waals surface area contributed by atoms with Crippen molar-refractivity contribution < 1.29 is 8.91 Å². The third kappa shape index (κ3) is 3.30. The highest BCUT2D eigenvalue weighted by Gasteiger charge is 2.31. The molecule has 24 heavy (non-hydrogen) atoms. The van der Waals surface area contributed by atoms with Crippen LogP contribution in [0.15, 0.2) is 22.7 Å². The first-order valence-corrected chi connectivity index (χ1v) is 8.21. The van der Waals surface area contributed by atoms with E-state index in [9.17, 15) is 4.39 Å². The van der Waals surface area contributed by atoms with Gasteiger partial charge in [-0.3, -0.25) is 9.80 Å². The van der Waals surface area contributed by atoms with E-state index in [1.165, 1.54) is 6.07 Å². The topological polar surface area (TPSA) is 57.4 Å². The van der Waals surface area contributed by atoms with Crippen LogP contribution in [0.5, 0.6) is 0 Å². The number of rotatable bonds is 4. The standard InChI is InChI=1S/C16H21ClFN5O/c1-22(2)14(13-10(17)5-4-6-11(13)18)16-20-15(21-24-16)12-9-19-7-8-23(12)3/h4-6,12,14,19H,7-9H2,1-3H3. The molecule has 3 rings (SSSR count). The zero-order chi connectivity index (χ0) is 17.3. The lowest BCUT2D eigenvalue weighted by Gasteiger charge is -2.30. The van der Waals surface area contributed by atoms with Crippen LogP contribution in [-0.4, -0.2) is 60.7 Å². The van der Waals surface area contributed by atoms with Gasteiger partial charge in [0.15, 0.2) is 5.82 Å². The molecule has 0 amide bonds. The lowest BCUT2D eigenvalue weighted by molar-refractivity contribution is 0.189. The largest absolute Gasteiger partial charge is 0.337 e. The van der Waals surface area contributed by atoms with Crippen molar-refractivity contribution in [2.75, 3.05) is 40.8 Å². The number of hydrogen-bond acceptors (Lipinski definition) is 6. The molecule has 1 fully saturated rings. The molecule has 1 saturated heterocycles. The number of benzene rings is 1. The average Bonchev–Trinajstić information content (AvgIpc) is 3.00. The van der Waals surface area contributed by atoms with E-state index in [1.807, 2.05) is 26.0 Å². The molecule has 1 aromatic heterocycles. The lowest BCUT2D eigenvalue weighted by atomic mass is 10.0. The Morgan fingerprint density at radius 3 is 2.92 bits per heavy atom. The molecule has 0 aliphatic carbocycles. The highest BCUT2D eigenvalue weighted by atomic mass is 35.5. The van der Waals surface area contributed by atoms with Gasteiger partial charge in [-0.15, -0.1) is 0 Å². The van der Waals surface area contributed by atoms with Crippen molar-refractivity contribution in [3.8, 4) is 0 Å². The van der Waals surface area contributed by atoms with Crippen LogP contribution in [0.2, 0.25) is 5.02 Å². The van der Waals surface area contributed by atoms with E-state index in [0.29, 0.717) is 22.3 Å². The van der Waals surface area contributed by atoms with Gasteiger partial charge in [-0.05, 0) is 33.3 Å². The molecule has 2 aromatic rings. The van der Waals surface area contributed by atoms with E-state index in [1.54, 1.807) is 12.1 Å². The average molecular weight is 354 g/mol. The quantitative estimate of drug-likeness (QED) is 0.908. The summed E-state index contributed by atoms with van der Waals surface area (Å²) in [5, 5.41) is 7.78. The number of likely N-dealkylation sites (N-methyl/N-ethyl adjacent to an activating group) is 1. The molecule has 1 aliphatic heterocycles. The van der Waals surface area contributed by atoms with Crippen LogP contribution in [-0.2, 0) is 0 Å². The SMILES string of the molecule is CN(C)C(c1nc(C2CNCCN2C)no1)c1c(F)cccc1Cl. The molecular weight excluding hydrogens is 333 g/mol. The smallest absolute Gasteiger partial charge is 0.248 e. The molecule has 0 bridgehead atoms. The van der Waals surface area contributed by atoms with Gasteiger partial charge in [0.25, 0.3) is 0 Å². The van der Waals surface area contributed by atoms with Crippen LogP contribution >= 0.6 is 11.6 Å². The molecule has 0 spiro atoms. The Kier molecular flexibility index (Phi) is 5.15. The summed E-state index contributed by atoms with van der Waals surface area (Å²) in [5.74, 6) is 0.539. The van der Waals surface area contributed by atoms with E-state index in [0.717, 1.165) is 19.6 Å². The Morgan fingerprint density at radius 2 is 2.25 bits per heavy atom. The van der Waals surface area contributed by atoms with Gasteiger partial charge < -0.3 is 9.84 Å². The highest BCUT2D eigenvalue weighted by molar-refractivity contribution is 6.31. The minimum absolute atomic E-state index is 0.0372. The van der Waals surface area contributed by atoms with Crippen LogP contribution in [0.3, 0.4) is 0 Å². The summed E-state index contributed by atoms with van der Waals surface area (Å²) in [4.78, 5) is 8.52. The molecule has 0 radical (unpaired) electrons. The first kappa shape index (κ1) is 17.3. The van der Waals surface area contributed by atoms with Gasteiger partial charge in [-0.2, -0.15) is 4.98 Å². The number of nitrogens with zero attached hydrogens (tertiary/aromatic N) is 4. The van der Waals surface area contributed by atoms with Crippen molar-refractivity contribution in [3.05, 3.63) is 46.3 Å². The summed E-state index contributed by atoms with van der Waals surface area (Å²) in [6.45, 7) is 2.59. The van der Waals surface area contributed by atoms with Crippen LogP contribution < -0.4 is 5.32 Å². The number of hydrogen-bond donors (Lipinski definition) is 1. The number of aromatic nitrogens is 2. The Morgan fingerprint density at radius 1 is 1.46 bits per heavy atom. The summed E-state index contributed by atoms with van der Waals surface area (Å²) in [5.41, 5.74) is 0.342. The summed E-state index contributed by atoms with van der Waals surface area (Å²) in [6.07, 6.45) is 0. The van der Waals surface area contributed by atoms with E-state index in [4.69, 9.17) is 16.1 Å². The minimum atomic E-state index is -0.540. The van der Waals surface area contributed by atoms with Gasteiger partial charge >= 0.3 is 0 Å². The molecule has 130 valence electrons. The lowest BCUT2D eigenvalue weighted by Crippen LogP contribution is -2.44. The van der Waals surface area contributed by atoms with Gasteiger partial charge in [0.2, 0.25) is 5.89 Å². The summed E-state index contributed by atoms with van der Waals surface area (Å²) in [7, 11) is 5.68. The predicted molar refractivity (Wildman–Crippen MR) is 89.5 cm³/mol. The number of piperazine rings is 1. The van der Waals surface area contributed by atoms with Crippen LogP contribution in [0.25, 0.3) is 0 Å². The molecule has 2 atom stereocenters. The summed E-state index contributed by atoms with van der Waals surface area (Å²) >= 11 is 6.22. The summed E-state index contributed by atoms with van der Waals surface area (Å²) < 4.78 is 19.8. The van der Waals surface area contributed by atoms with Crippen molar-refractivity contribution >= 4 is 11.6 Å². The van der Waals surface area contributed by atoms with Crippen molar-refractivity contribution in [3.63, 3.8) is 0 Å². The zero-order valence-electron chi connectivity index (χ0n) is 14.0. The van der Waals surface area contributed by atoms with Gasteiger partial charge in [-0.1, -0.05) is 22.8 Å². The highest BCUT2D eigenvalue weighted by Crippen LogP contribution is 2.33. The minimum Gasteiger partial charge on any atom is -0.337 e. The maximum Gasteiger partial charge on any atom is 0.248 e. The Balaban J connectivity index is 1.96. The van der Waals surface area contributed by atoms with Crippen LogP contribution in [0.4, 0.5) is 4.39 Å². The molecule has 6 nitrogen and oxygen atoms in total. The van der Waals surface area contributed by atoms with Crippen molar-refractivity contribution in [2.24, 2.45) is 0 Å². The van der Waals surface area contributed by atoms with Crippen LogP contribution in [0, 0.1) is 5.82 Å². The van der Waals surface area contributed by atoms with E-state index in [2.05, 4.69) is 20.4 Å². The van der Waals surface area contributed by atoms with Gasteiger partial charge in [0, 0.05) is 30.2 Å². The second-order valence-electron chi connectivity index (χ2n) is 6.19. The fourth-order valence-electron chi connectivity index (χ4n) is 2.96. The Hall–Kier alpha value is -1.54. The van der Waals surface area contributed by atoms with E-state index < -0.39 is 11.9 Å². The van der Waals surface area contributed by atoms with E-state index in [-0.39, 0.29) is 6.04 Å². The van der Waals surface area contributed by atoms with Crippen molar-refractivity contribution in [1.29, 1.82) is 0 Å². The first-order valence-electron chi connectivity index (χ1n) is 7.84. The third-order valence-corrected chi connectivity index (χ3v) is 4.62. The zero-order valence-corrected chi connectivity index (χ0v) is 14.7. The number of nitrogens with one attached hydrogen (secondary N) is 1. The van der Waals surface area contributed by atoms with Gasteiger partial charge in [-0.25, -0.2) is 4.39 Å². The molecule has 2 heterocycles. The summed E-state index contributed by atoms with van der Waals surface area (Å²) in [6, 6.07) is 4.12. The van der Waals surface area contributed by atoms with Crippen LogP contribution in [0.1, 0.15) is 29.4 Å². The molecule has 0 saturated carbocycles. The second-order valence-corrected chi connectivity index (χ2v) is 6.60. The Bertz CT molecular complexity index is 687. The van der Waals surface area contributed by atoms with Crippen molar-refractivity contribution in [2.45, 2.75) is 12.1 Å². The van der Waals surface area contributed by atoms with E-state index >= 15 is 0 Å². The monoisotopic (exact) mass is 353 g/mol. The number of halogens is 2. The Labute approximate surface area is 145 Å². The fraction of sp³-hybridized carbons (Fsp3) is 0.500. The molecule has 8 heteroatoms.